The number of methoxy groups -OCH3 is 1. The maximum atomic E-state index is 12.9. The third kappa shape index (κ3) is 3.60. The number of hydrogen-bond donors (Lipinski definition) is 1. The Balaban J connectivity index is 1.81. The van der Waals surface area contributed by atoms with E-state index in [0.717, 1.165) is 18.7 Å². The summed E-state index contributed by atoms with van der Waals surface area (Å²) in [4.78, 5) is 15.2. The quantitative estimate of drug-likeness (QED) is 0.903. The predicted molar refractivity (Wildman–Crippen MR) is 95.4 cm³/mol. The molecule has 2 heterocycles. The molecule has 1 N–H and O–H groups in total. The Bertz CT molecular complexity index is 727. The van der Waals surface area contributed by atoms with Crippen LogP contribution in [-0.2, 0) is 4.74 Å². The Morgan fingerprint density at radius 1 is 1.32 bits per heavy atom. The molecule has 0 unspecified atom stereocenters. The van der Waals surface area contributed by atoms with E-state index in [4.69, 9.17) is 9.26 Å². The zero-order valence-electron chi connectivity index (χ0n) is 15.2. The monoisotopic (exact) mass is 343 g/mol. The normalized spacial score (nSPS) is 21.0. The number of carbonyl (C=O) groups is 1. The van der Waals surface area contributed by atoms with Gasteiger partial charge in [0.15, 0.2) is 0 Å². The van der Waals surface area contributed by atoms with Gasteiger partial charge in [-0.1, -0.05) is 35.5 Å². The molecule has 6 heteroatoms. The third-order valence-corrected chi connectivity index (χ3v) is 4.78. The molecular formula is C19H25N3O3. The largest absolute Gasteiger partial charge is 0.378 e. The van der Waals surface area contributed by atoms with Crippen molar-refractivity contribution in [2.24, 2.45) is 0 Å². The number of aryl methyl sites for hydroxylation is 1. The highest BCUT2D eigenvalue weighted by Crippen LogP contribution is 2.25. The van der Waals surface area contributed by atoms with E-state index in [2.05, 4.69) is 29.2 Å². The number of amides is 1. The summed E-state index contributed by atoms with van der Waals surface area (Å²) >= 11 is 0. The fourth-order valence-corrected chi connectivity index (χ4v) is 3.28. The zero-order valence-corrected chi connectivity index (χ0v) is 15.2. The topological polar surface area (TPSA) is 67.6 Å². The van der Waals surface area contributed by atoms with Crippen molar-refractivity contribution in [2.75, 3.05) is 20.2 Å². The van der Waals surface area contributed by atoms with E-state index < -0.39 is 0 Å². The van der Waals surface area contributed by atoms with Gasteiger partial charge < -0.3 is 14.6 Å². The van der Waals surface area contributed by atoms with Crippen LogP contribution in [-0.4, -0.2) is 54.4 Å². The second-order valence-corrected chi connectivity index (χ2v) is 6.73. The fraction of sp³-hybridized carbons (Fsp3) is 0.474. The van der Waals surface area contributed by atoms with Gasteiger partial charge >= 0.3 is 0 Å². The number of rotatable bonds is 5. The minimum Gasteiger partial charge on any atom is -0.378 e. The Kier molecular flexibility index (Phi) is 5.20. The van der Waals surface area contributed by atoms with Gasteiger partial charge in [0, 0.05) is 31.8 Å². The number of benzene rings is 1. The number of nitrogens with zero attached hydrogens (tertiary/aromatic N) is 2. The summed E-state index contributed by atoms with van der Waals surface area (Å²) in [6.45, 7) is 7.64. The van der Waals surface area contributed by atoms with Crippen molar-refractivity contribution in [1.29, 1.82) is 0 Å². The smallest absolute Gasteiger partial charge is 0.257 e. The molecule has 1 fully saturated rings. The molecule has 1 aliphatic heterocycles. The van der Waals surface area contributed by atoms with Crippen LogP contribution in [0.4, 0.5) is 0 Å². The van der Waals surface area contributed by atoms with Crippen LogP contribution in [0.3, 0.4) is 0 Å². The number of nitrogens with one attached hydrogen (secondary N) is 1. The molecule has 0 bridgehead atoms. The Hall–Kier alpha value is -2.18. The molecule has 1 aromatic carbocycles. The Morgan fingerprint density at radius 3 is 2.68 bits per heavy atom. The highest BCUT2D eigenvalue weighted by atomic mass is 16.5. The van der Waals surface area contributed by atoms with Gasteiger partial charge in [0.05, 0.1) is 12.1 Å². The van der Waals surface area contributed by atoms with E-state index >= 15 is 0 Å². The molecular weight excluding hydrogens is 318 g/mol. The van der Waals surface area contributed by atoms with E-state index in [-0.39, 0.29) is 18.1 Å². The average Bonchev–Trinajstić information content (AvgIpc) is 3.19. The third-order valence-electron chi connectivity index (χ3n) is 4.78. The summed E-state index contributed by atoms with van der Waals surface area (Å²) in [7, 11) is 1.69. The maximum Gasteiger partial charge on any atom is 0.257 e. The lowest BCUT2D eigenvalue weighted by Crippen LogP contribution is -2.44. The molecule has 1 amide bonds. The number of aromatic nitrogens is 1. The van der Waals surface area contributed by atoms with Crippen LogP contribution < -0.4 is 5.32 Å². The van der Waals surface area contributed by atoms with Crippen molar-refractivity contribution in [3.05, 3.63) is 41.7 Å². The zero-order chi connectivity index (χ0) is 18.0. The van der Waals surface area contributed by atoms with Gasteiger partial charge in [-0.2, -0.15) is 0 Å². The molecule has 0 aliphatic carbocycles. The van der Waals surface area contributed by atoms with Crippen molar-refractivity contribution in [2.45, 2.75) is 39.0 Å². The van der Waals surface area contributed by atoms with Crippen LogP contribution in [0.25, 0.3) is 11.3 Å². The van der Waals surface area contributed by atoms with Crippen LogP contribution in [0.2, 0.25) is 0 Å². The van der Waals surface area contributed by atoms with E-state index in [9.17, 15) is 4.79 Å². The van der Waals surface area contributed by atoms with Crippen LogP contribution >= 0.6 is 0 Å². The molecule has 0 saturated carbocycles. The lowest BCUT2D eigenvalue weighted by Gasteiger charge is -2.20. The van der Waals surface area contributed by atoms with Crippen LogP contribution in [0.5, 0.6) is 0 Å². The van der Waals surface area contributed by atoms with Crippen molar-refractivity contribution in [3.8, 4) is 11.3 Å². The maximum absolute atomic E-state index is 12.9. The minimum absolute atomic E-state index is 0.0216. The molecule has 1 aliphatic rings. The number of carbonyl (C=O) groups excluding carboxylic acids is 1. The molecule has 3 rings (SSSR count). The second-order valence-electron chi connectivity index (χ2n) is 6.73. The molecule has 0 radical (unpaired) electrons. The Labute approximate surface area is 148 Å². The summed E-state index contributed by atoms with van der Waals surface area (Å²) in [5, 5.41) is 7.20. The summed E-state index contributed by atoms with van der Waals surface area (Å²) in [6.07, 6.45) is -0.0216. The van der Waals surface area contributed by atoms with Crippen molar-refractivity contribution >= 4 is 5.91 Å². The molecule has 1 saturated heterocycles. The SMILES string of the molecule is CO[C@H]1CN(C(C)C)C[C@@H]1NC(=O)c1c(-c2ccccc2)noc1C. The van der Waals surface area contributed by atoms with Gasteiger partial charge in [0.2, 0.25) is 0 Å². The molecule has 6 nitrogen and oxygen atoms in total. The summed E-state index contributed by atoms with van der Waals surface area (Å²) < 4.78 is 10.9. The first-order valence-electron chi connectivity index (χ1n) is 8.60. The summed E-state index contributed by atoms with van der Waals surface area (Å²) in [5.74, 6) is 0.347. The molecule has 1 aromatic heterocycles. The molecule has 2 atom stereocenters. The first-order chi connectivity index (χ1) is 12.0. The number of ether oxygens (including phenoxy) is 1. The van der Waals surface area contributed by atoms with E-state index in [0.29, 0.717) is 23.1 Å². The predicted octanol–water partition coefficient (Wildman–Crippen LogP) is 2.49. The Morgan fingerprint density at radius 2 is 2.04 bits per heavy atom. The van der Waals surface area contributed by atoms with Crippen LogP contribution in [0.1, 0.15) is 30.0 Å². The molecule has 2 aromatic rings. The van der Waals surface area contributed by atoms with Crippen molar-refractivity contribution in [1.82, 2.24) is 15.4 Å². The van der Waals surface area contributed by atoms with E-state index in [1.54, 1.807) is 14.0 Å². The lowest BCUT2D eigenvalue weighted by molar-refractivity contribution is 0.0752. The van der Waals surface area contributed by atoms with Gasteiger partial charge in [-0.3, -0.25) is 9.69 Å². The highest BCUT2D eigenvalue weighted by molar-refractivity contribution is 6.01. The van der Waals surface area contributed by atoms with Crippen LogP contribution in [0.15, 0.2) is 34.9 Å². The average molecular weight is 343 g/mol. The highest BCUT2D eigenvalue weighted by Gasteiger charge is 2.36. The molecule has 25 heavy (non-hydrogen) atoms. The minimum atomic E-state index is -0.171. The van der Waals surface area contributed by atoms with E-state index in [1.807, 2.05) is 30.3 Å². The van der Waals surface area contributed by atoms with Crippen molar-refractivity contribution < 1.29 is 14.1 Å². The first-order valence-corrected chi connectivity index (χ1v) is 8.60. The van der Waals surface area contributed by atoms with Gasteiger partial charge in [-0.05, 0) is 20.8 Å². The van der Waals surface area contributed by atoms with E-state index in [1.165, 1.54) is 0 Å². The van der Waals surface area contributed by atoms with Gasteiger partial charge in [-0.15, -0.1) is 0 Å². The van der Waals surface area contributed by atoms with Crippen LogP contribution in [0, 0.1) is 6.92 Å². The second kappa shape index (κ2) is 7.37. The van der Waals surface area contributed by atoms with Gasteiger partial charge in [0.1, 0.15) is 17.0 Å². The standard InChI is InChI=1S/C19H25N3O3/c1-12(2)22-10-15(16(11-22)24-4)20-19(23)17-13(3)25-21-18(17)14-8-6-5-7-9-14/h5-9,12,15-16H,10-11H2,1-4H3,(H,20,23)/t15-,16-/m0/s1. The molecule has 134 valence electrons. The van der Waals surface area contributed by atoms with Crippen molar-refractivity contribution in [3.63, 3.8) is 0 Å². The summed E-state index contributed by atoms with van der Waals surface area (Å²) in [5.41, 5.74) is 1.93. The lowest BCUT2D eigenvalue weighted by atomic mass is 10.1. The molecule has 0 spiro atoms. The van der Waals surface area contributed by atoms with Gasteiger partial charge in [-0.25, -0.2) is 0 Å². The van der Waals surface area contributed by atoms with Gasteiger partial charge in [0.25, 0.3) is 5.91 Å². The first kappa shape index (κ1) is 17.6. The summed E-state index contributed by atoms with van der Waals surface area (Å²) in [6, 6.07) is 9.95. The fourth-order valence-electron chi connectivity index (χ4n) is 3.28. The number of hydrogen-bond acceptors (Lipinski definition) is 5. The number of likely N-dealkylation sites (tertiary alicyclic amines) is 1.